The van der Waals surface area contributed by atoms with Gasteiger partial charge in [0, 0.05) is 34.5 Å². The molecule has 3 aromatic heterocycles. The van der Waals surface area contributed by atoms with Gasteiger partial charge < -0.3 is 0 Å². The molecule has 1 aromatic carbocycles. The number of nitrogens with zero attached hydrogens (tertiary/aromatic N) is 4. The summed E-state index contributed by atoms with van der Waals surface area (Å²) in [5, 5.41) is 5.15. The van der Waals surface area contributed by atoms with Crippen LogP contribution in [0.25, 0.3) is 27.7 Å². The minimum absolute atomic E-state index is 0.309. The van der Waals surface area contributed by atoms with Crippen LogP contribution in [0.1, 0.15) is 52.8 Å². The van der Waals surface area contributed by atoms with Gasteiger partial charge in [0.15, 0.2) is 0 Å². The van der Waals surface area contributed by atoms with E-state index in [0.717, 1.165) is 58.5 Å². The minimum Gasteiger partial charge on any atom is -0.296 e. The maximum atomic E-state index is 13.2. The highest BCUT2D eigenvalue weighted by atomic mass is 16.1. The molecule has 0 aliphatic heterocycles. The first-order chi connectivity index (χ1) is 14.7. The summed E-state index contributed by atoms with van der Waals surface area (Å²) in [4.78, 5) is 17.7. The molecule has 0 saturated heterocycles. The molecule has 0 radical (unpaired) electrons. The summed E-state index contributed by atoms with van der Waals surface area (Å²) in [6.07, 6.45) is 4.38. The first kappa shape index (κ1) is 14.1. The zero-order chi connectivity index (χ0) is 21.9. The molecule has 0 bridgehead atoms. The minimum atomic E-state index is -2.59. The third-order valence-corrected chi connectivity index (χ3v) is 5.79. The molecule has 1 saturated carbocycles. The number of hydrogen-bond acceptors (Lipinski definition) is 3. The molecule has 0 spiro atoms. The van der Waals surface area contributed by atoms with E-state index < -0.39 is 12.5 Å². The maximum Gasteiger partial charge on any atom is 0.261 e. The number of benzene rings is 1. The number of rotatable bonds is 2. The monoisotopic (exact) mass is 375 g/mol. The quantitative estimate of drug-likeness (QED) is 0.517. The zero-order valence-corrected chi connectivity index (χ0v) is 16.1. The van der Waals surface area contributed by atoms with Gasteiger partial charge in [-0.15, -0.1) is 0 Å². The lowest BCUT2D eigenvalue weighted by molar-refractivity contribution is 0.686. The summed E-state index contributed by atoms with van der Waals surface area (Å²) in [6.45, 7) is 1.32. The van der Waals surface area contributed by atoms with Gasteiger partial charge in [-0.3, -0.25) is 14.3 Å². The lowest BCUT2D eigenvalue weighted by Crippen LogP contribution is -2.19. The Morgan fingerprint density at radius 2 is 1.79 bits per heavy atom. The van der Waals surface area contributed by atoms with Crippen LogP contribution in [-0.4, -0.2) is 19.2 Å². The van der Waals surface area contributed by atoms with Crippen LogP contribution in [0.5, 0.6) is 0 Å². The van der Waals surface area contributed by atoms with Crippen molar-refractivity contribution in [3.05, 3.63) is 63.8 Å². The summed E-state index contributed by atoms with van der Waals surface area (Å²) in [7, 11) is 0. The van der Waals surface area contributed by atoms with Crippen molar-refractivity contribution in [3.8, 4) is 11.1 Å². The van der Waals surface area contributed by atoms with Gasteiger partial charge in [-0.25, -0.2) is 4.52 Å². The average Bonchev–Trinajstić information content (AvgIpc) is 3.36. The Morgan fingerprint density at radius 1 is 1.04 bits per heavy atom. The number of fused-ring (bicyclic) bond motifs is 3. The summed E-state index contributed by atoms with van der Waals surface area (Å²) >= 11 is 0. The molecule has 4 aromatic rings. The summed E-state index contributed by atoms with van der Waals surface area (Å²) in [6, 6.07) is 11.3. The highest BCUT2D eigenvalue weighted by Crippen LogP contribution is 2.34. The molecular formula is C23H24N4O. The molecule has 142 valence electrons. The predicted molar refractivity (Wildman–Crippen MR) is 112 cm³/mol. The third-order valence-electron chi connectivity index (χ3n) is 5.79. The second kappa shape index (κ2) is 6.30. The molecule has 0 unspecified atom stereocenters. The van der Waals surface area contributed by atoms with Crippen LogP contribution in [-0.2, 0) is 6.98 Å². The van der Waals surface area contributed by atoms with E-state index in [2.05, 4.69) is 4.98 Å². The van der Waals surface area contributed by atoms with E-state index in [-0.39, 0.29) is 0 Å². The first-order valence-corrected chi connectivity index (χ1v) is 9.77. The fourth-order valence-corrected chi connectivity index (χ4v) is 4.44. The van der Waals surface area contributed by atoms with Crippen LogP contribution in [0, 0.1) is 13.8 Å². The molecule has 28 heavy (non-hydrogen) atoms. The fraction of sp³-hybridized carbons (Fsp3) is 0.348. The van der Waals surface area contributed by atoms with Gasteiger partial charge in [0.25, 0.3) is 5.56 Å². The van der Waals surface area contributed by atoms with E-state index >= 15 is 0 Å². The SMILES string of the molecule is [2H]C([2H])([2H])n1c(=O)c2ccc(-c3cc(C)nc(C)c3)cc2n2nc(C3CCCC3)cc12. The van der Waals surface area contributed by atoms with Crippen LogP contribution in [0.3, 0.4) is 0 Å². The third kappa shape index (κ3) is 2.65. The standard InChI is InChI=1S/C23H24N4O/c1-14-10-18(11-15(2)24-14)17-8-9-19-21(12-17)27-22(26(3)23(19)28)13-20(25-27)16-6-4-5-7-16/h8-13,16H,4-7H2,1-3H3/i3D3. The Hall–Kier alpha value is -2.95. The maximum absolute atomic E-state index is 13.2. The smallest absolute Gasteiger partial charge is 0.261 e. The van der Waals surface area contributed by atoms with E-state index in [1.165, 1.54) is 0 Å². The number of pyridine rings is 1. The number of aryl methyl sites for hydroxylation is 3. The van der Waals surface area contributed by atoms with Crippen LogP contribution in [0.15, 0.2) is 41.2 Å². The molecule has 1 fully saturated rings. The number of aromatic nitrogens is 4. The van der Waals surface area contributed by atoms with Gasteiger partial charge in [-0.05, 0) is 62.1 Å². The molecule has 0 atom stereocenters. The van der Waals surface area contributed by atoms with Crippen molar-refractivity contribution in [1.82, 2.24) is 19.2 Å². The van der Waals surface area contributed by atoms with Crippen LogP contribution < -0.4 is 5.56 Å². The van der Waals surface area contributed by atoms with Crippen molar-refractivity contribution in [2.75, 3.05) is 0 Å². The van der Waals surface area contributed by atoms with Gasteiger partial charge in [0.2, 0.25) is 0 Å². The Bertz CT molecular complexity index is 1360. The van der Waals surface area contributed by atoms with Crippen molar-refractivity contribution >= 4 is 16.6 Å². The summed E-state index contributed by atoms with van der Waals surface area (Å²) in [5.74, 6) is 0.309. The van der Waals surface area contributed by atoms with Crippen molar-refractivity contribution in [1.29, 1.82) is 0 Å². The summed E-state index contributed by atoms with van der Waals surface area (Å²) in [5.41, 5.74) is 5.06. The Kier molecular flexibility index (Phi) is 3.17. The van der Waals surface area contributed by atoms with Gasteiger partial charge in [0.05, 0.1) is 16.6 Å². The van der Waals surface area contributed by atoms with Crippen molar-refractivity contribution in [2.24, 2.45) is 6.98 Å². The summed E-state index contributed by atoms with van der Waals surface area (Å²) < 4.78 is 26.4. The first-order valence-electron chi connectivity index (χ1n) is 11.3. The Labute approximate surface area is 167 Å². The second-order valence-electron chi connectivity index (χ2n) is 7.83. The molecule has 0 amide bonds. The lowest BCUT2D eigenvalue weighted by atomic mass is 10.0. The topological polar surface area (TPSA) is 52.2 Å². The van der Waals surface area contributed by atoms with Gasteiger partial charge in [-0.1, -0.05) is 18.9 Å². The molecular weight excluding hydrogens is 348 g/mol. The van der Waals surface area contributed by atoms with E-state index in [9.17, 15) is 4.79 Å². The Balaban J connectivity index is 1.83. The lowest BCUT2D eigenvalue weighted by Gasteiger charge is -2.09. The van der Waals surface area contributed by atoms with Gasteiger partial charge in [-0.2, -0.15) is 5.10 Å². The Morgan fingerprint density at radius 3 is 2.50 bits per heavy atom. The van der Waals surface area contributed by atoms with E-state index in [1.54, 1.807) is 16.6 Å². The highest BCUT2D eigenvalue weighted by molar-refractivity contribution is 5.85. The predicted octanol–water partition coefficient (Wildman–Crippen LogP) is 4.52. The fourth-order valence-electron chi connectivity index (χ4n) is 4.44. The van der Waals surface area contributed by atoms with Crippen LogP contribution in [0.4, 0.5) is 0 Å². The largest absolute Gasteiger partial charge is 0.296 e. The van der Waals surface area contributed by atoms with Gasteiger partial charge in [0.1, 0.15) is 5.65 Å². The molecule has 1 aliphatic carbocycles. The van der Waals surface area contributed by atoms with E-state index in [0.29, 0.717) is 22.5 Å². The van der Waals surface area contributed by atoms with Crippen molar-refractivity contribution < 1.29 is 4.11 Å². The van der Waals surface area contributed by atoms with Crippen LogP contribution in [0.2, 0.25) is 0 Å². The molecule has 5 rings (SSSR count). The zero-order valence-electron chi connectivity index (χ0n) is 19.1. The van der Waals surface area contributed by atoms with Gasteiger partial charge >= 0.3 is 0 Å². The molecule has 1 aliphatic rings. The molecule has 5 heteroatoms. The molecule has 5 nitrogen and oxygen atoms in total. The number of hydrogen-bond donors (Lipinski definition) is 0. The van der Waals surface area contributed by atoms with Crippen LogP contribution >= 0.6 is 0 Å². The van der Waals surface area contributed by atoms with E-state index in [1.807, 2.05) is 38.1 Å². The van der Waals surface area contributed by atoms with Crippen molar-refractivity contribution in [2.45, 2.75) is 45.4 Å². The highest BCUT2D eigenvalue weighted by Gasteiger charge is 2.21. The van der Waals surface area contributed by atoms with Crippen molar-refractivity contribution in [3.63, 3.8) is 0 Å². The van der Waals surface area contributed by atoms with E-state index in [4.69, 9.17) is 9.21 Å². The molecule has 3 heterocycles. The second-order valence-corrected chi connectivity index (χ2v) is 7.83. The average molecular weight is 375 g/mol. The normalized spacial score (nSPS) is 17.1. The molecule has 0 N–H and O–H groups in total.